The van der Waals surface area contributed by atoms with Crippen LogP contribution in [0.25, 0.3) is 0 Å². The van der Waals surface area contributed by atoms with Crippen molar-refractivity contribution in [2.75, 3.05) is 0 Å². The Kier molecular flexibility index (Phi) is 14.2. The van der Waals surface area contributed by atoms with Gasteiger partial charge in [0.2, 0.25) is 0 Å². The molecule has 0 heterocycles. The number of hydrogen-bond acceptors (Lipinski definition) is 4. The van der Waals surface area contributed by atoms with Crippen LogP contribution in [-0.2, 0) is 4.79 Å². The average molecular weight is 202 g/mol. The Balaban J connectivity index is -0.000000218. The first-order valence-corrected chi connectivity index (χ1v) is 3.08. The van der Waals surface area contributed by atoms with Gasteiger partial charge in [-0.05, 0) is 12.1 Å². The van der Waals surface area contributed by atoms with E-state index < -0.39 is 5.97 Å². The smallest absolute Gasteiger partial charge is 0.335 e. The molecule has 6 heteroatoms. The van der Waals surface area contributed by atoms with Gasteiger partial charge >= 0.3 is 5.97 Å². The molecule has 0 aromatic heterocycles. The number of benzene rings is 1. The normalized spacial score (nSPS) is 6.57. The molecular weight excluding hydrogens is 188 g/mol. The summed E-state index contributed by atoms with van der Waals surface area (Å²) < 4.78 is 0. The lowest BCUT2D eigenvalue weighted by Gasteiger charge is -1.88. The Morgan fingerprint density at radius 3 is 1.71 bits per heavy atom. The van der Waals surface area contributed by atoms with E-state index >= 15 is 0 Å². The molecule has 0 spiro atoms. The maximum Gasteiger partial charge on any atom is 0.335 e. The first kappa shape index (κ1) is 18.0. The third-order valence-corrected chi connectivity index (χ3v) is 1.02. The lowest BCUT2D eigenvalue weighted by molar-refractivity contribution is -0.122. The highest BCUT2D eigenvalue weighted by molar-refractivity contribution is 5.87. The molecular formula is C8H14N2O4. The third kappa shape index (κ3) is 8.18. The van der Waals surface area contributed by atoms with E-state index in [9.17, 15) is 4.79 Å². The lowest BCUT2D eigenvalue weighted by Crippen LogP contribution is -1.93. The summed E-state index contributed by atoms with van der Waals surface area (Å²) in [6.07, 6.45) is 0. The van der Waals surface area contributed by atoms with Crippen LogP contribution in [0.4, 0.5) is 0 Å². The minimum Gasteiger partial charge on any atom is -0.483 e. The maximum atomic E-state index is 10.2. The second kappa shape index (κ2) is 11.1. The average Bonchev–Trinajstić information content (AvgIpc) is 2.07. The van der Waals surface area contributed by atoms with Crippen LogP contribution in [-0.4, -0.2) is 22.7 Å². The van der Waals surface area contributed by atoms with Crippen molar-refractivity contribution in [1.82, 2.24) is 12.3 Å². The van der Waals surface area contributed by atoms with Gasteiger partial charge in [-0.25, -0.2) is 4.79 Å². The zero-order chi connectivity index (χ0) is 9.40. The van der Waals surface area contributed by atoms with E-state index in [2.05, 4.69) is 0 Å². The van der Waals surface area contributed by atoms with E-state index in [1.807, 2.05) is 0 Å². The molecule has 6 nitrogen and oxygen atoms in total. The SMILES string of the molecule is N.N.O=C(O)c1ccccc1.O=CO. The molecule has 0 bridgehead atoms. The van der Waals surface area contributed by atoms with Crippen LogP contribution in [0.1, 0.15) is 10.4 Å². The number of carboxylic acid groups (broad SMARTS) is 2. The zero-order valence-corrected chi connectivity index (χ0v) is 7.59. The van der Waals surface area contributed by atoms with E-state index in [1.54, 1.807) is 30.3 Å². The molecule has 1 aromatic rings. The minimum absolute atomic E-state index is 0. The topological polar surface area (TPSA) is 145 Å². The number of carbonyl (C=O) groups is 2. The molecule has 0 amide bonds. The van der Waals surface area contributed by atoms with Gasteiger partial charge in [-0.15, -0.1) is 0 Å². The largest absolute Gasteiger partial charge is 0.483 e. The summed E-state index contributed by atoms with van der Waals surface area (Å²) in [7, 11) is 0. The molecule has 0 atom stereocenters. The van der Waals surface area contributed by atoms with Crippen molar-refractivity contribution in [3.63, 3.8) is 0 Å². The summed E-state index contributed by atoms with van der Waals surface area (Å²) in [4.78, 5) is 18.6. The van der Waals surface area contributed by atoms with Crippen LogP contribution < -0.4 is 12.3 Å². The minimum atomic E-state index is -0.879. The van der Waals surface area contributed by atoms with Gasteiger partial charge in [0.1, 0.15) is 0 Å². The fourth-order valence-corrected chi connectivity index (χ4v) is 0.581. The molecule has 1 rings (SSSR count). The second-order valence-corrected chi connectivity index (χ2v) is 1.78. The van der Waals surface area contributed by atoms with Gasteiger partial charge in [-0.2, -0.15) is 0 Å². The predicted molar refractivity (Wildman–Crippen MR) is 52.1 cm³/mol. The fourth-order valence-electron chi connectivity index (χ4n) is 0.581. The third-order valence-electron chi connectivity index (χ3n) is 1.02. The zero-order valence-electron chi connectivity index (χ0n) is 7.59. The van der Waals surface area contributed by atoms with Crippen molar-refractivity contribution in [1.29, 1.82) is 0 Å². The molecule has 80 valence electrons. The second-order valence-electron chi connectivity index (χ2n) is 1.78. The highest BCUT2D eigenvalue weighted by atomic mass is 16.4. The molecule has 0 aliphatic carbocycles. The molecule has 8 N–H and O–H groups in total. The molecule has 0 radical (unpaired) electrons. The standard InChI is InChI=1S/C7H6O2.CH2O2.2H3N/c8-7(9)6-4-2-1-3-5-6;2-1-3;;/h1-5H,(H,8,9);1H,(H,2,3);2*1H3. The summed E-state index contributed by atoms with van der Waals surface area (Å²) in [6.45, 7) is -0.250. The van der Waals surface area contributed by atoms with Gasteiger partial charge in [0.25, 0.3) is 6.47 Å². The molecule has 0 unspecified atom stereocenters. The lowest BCUT2D eigenvalue weighted by atomic mass is 10.2. The van der Waals surface area contributed by atoms with E-state index in [4.69, 9.17) is 15.0 Å². The van der Waals surface area contributed by atoms with Gasteiger partial charge in [-0.3, -0.25) is 4.79 Å². The summed E-state index contributed by atoms with van der Waals surface area (Å²) in [5.41, 5.74) is 0.331. The van der Waals surface area contributed by atoms with Crippen molar-refractivity contribution in [3.8, 4) is 0 Å². The number of aromatic carboxylic acids is 1. The van der Waals surface area contributed by atoms with Crippen molar-refractivity contribution in [2.24, 2.45) is 0 Å². The Bertz CT molecular complexity index is 251. The number of carboxylic acids is 1. The number of hydrogen-bond donors (Lipinski definition) is 4. The van der Waals surface area contributed by atoms with Crippen molar-refractivity contribution < 1.29 is 19.8 Å². The monoisotopic (exact) mass is 202 g/mol. The van der Waals surface area contributed by atoms with Crippen molar-refractivity contribution in [2.45, 2.75) is 0 Å². The summed E-state index contributed by atoms with van der Waals surface area (Å²) >= 11 is 0. The molecule has 0 fully saturated rings. The van der Waals surface area contributed by atoms with E-state index in [0.717, 1.165) is 0 Å². The van der Waals surface area contributed by atoms with Crippen LogP contribution in [0, 0.1) is 0 Å². The van der Waals surface area contributed by atoms with Gasteiger partial charge < -0.3 is 22.5 Å². The number of rotatable bonds is 1. The fraction of sp³-hybridized carbons (Fsp3) is 0. The first-order chi connectivity index (χ1) is 5.72. The highest BCUT2D eigenvalue weighted by Crippen LogP contribution is 1.96. The van der Waals surface area contributed by atoms with Gasteiger partial charge in [-0.1, -0.05) is 18.2 Å². The Labute approximate surface area is 81.4 Å². The summed E-state index contributed by atoms with van der Waals surface area (Å²) in [6, 6.07) is 8.30. The van der Waals surface area contributed by atoms with E-state index in [1.165, 1.54) is 0 Å². The van der Waals surface area contributed by atoms with Gasteiger partial charge in [0.15, 0.2) is 0 Å². The summed E-state index contributed by atoms with van der Waals surface area (Å²) in [5.74, 6) is -0.879. The van der Waals surface area contributed by atoms with Crippen LogP contribution >= 0.6 is 0 Å². The van der Waals surface area contributed by atoms with Gasteiger partial charge in [0, 0.05) is 0 Å². The Morgan fingerprint density at radius 2 is 1.50 bits per heavy atom. The van der Waals surface area contributed by atoms with Crippen molar-refractivity contribution in [3.05, 3.63) is 35.9 Å². The van der Waals surface area contributed by atoms with Crippen LogP contribution in [0.15, 0.2) is 30.3 Å². The van der Waals surface area contributed by atoms with E-state index in [-0.39, 0.29) is 18.8 Å². The van der Waals surface area contributed by atoms with Crippen molar-refractivity contribution >= 4 is 12.4 Å². The Hall–Kier alpha value is -1.92. The highest BCUT2D eigenvalue weighted by Gasteiger charge is 1.96. The molecule has 0 saturated heterocycles. The predicted octanol–water partition coefficient (Wildman–Crippen LogP) is 1.41. The molecule has 14 heavy (non-hydrogen) atoms. The Morgan fingerprint density at radius 1 is 1.14 bits per heavy atom. The van der Waals surface area contributed by atoms with Crippen LogP contribution in [0.3, 0.4) is 0 Å². The molecule has 0 aliphatic heterocycles. The van der Waals surface area contributed by atoms with Gasteiger partial charge in [0.05, 0.1) is 5.56 Å². The van der Waals surface area contributed by atoms with Crippen LogP contribution in [0.5, 0.6) is 0 Å². The summed E-state index contributed by atoms with van der Waals surface area (Å²) in [5, 5.41) is 15.3. The molecule has 0 aliphatic rings. The molecule has 0 saturated carbocycles. The molecule has 1 aromatic carbocycles. The van der Waals surface area contributed by atoms with E-state index in [0.29, 0.717) is 5.56 Å². The maximum absolute atomic E-state index is 10.2. The quantitative estimate of drug-likeness (QED) is 0.506. The van der Waals surface area contributed by atoms with Crippen LogP contribution in [0.2, 0.25) is 0 Å². The first-order valence-electron chi connectivity index (χ1n) is 3.08.